The van der Waals surface area contributed by atoms with E-state index in [0.29, 0.717) is 13.1 Å². The summed E-state index contributed by atoms with van der Waals surface area (Å²) < 4.78 is 1.74. The van der Waals surface area contributed by atoms with Gasteiger partial charge in [-0.2, -0.15) is 5.10 Å². The fourth-order valence-corrected chi connectivity index (χ4v) is 2.60. The highest BCUT2D eigenvalue weighted by atomic mass is 32.1. The number of nitrogens with zero attached hydrogens (tertiary/aromatic N) is 3. The molecule has 0 spiro atoms. The zero-order valence-corrected chi connectivity index (χ0v) is 12.7. The van der Waals surface area contributed by atoms with Crippen LogP contribution < -0.4 is 10.6 Å². The second-order valence-corrected chi connectivity index (χ2v) is 5.63. The minimum absolute atomic E-state index is 0.175. The van der Waals surface area contributed by atoms with Gasteiger partial charge in [0.05, 0.1) is 17.2 Å². The number of rotatable bonds is 5. The molecule has 20 heavy (non-hydrogen) atoms. The summed E-state index contributed by atoms with van der Waals surface area (Å²) in [5.41, 5.74) is 1.99. The zero-order valence-electron chi connectivity index (χ0n) is 11.9. The van der Waals surface area contributed by atoms with Gasteiger partial charge in [0.2, 0.25) is 0 Å². The number of thiazole rings is 1. The van der Waals surface area contributed by atoms with E-state index in [9.17, 15) is 4.79 Å². The van der Waals surface area contributed by atoms with Crippen LogP contribution in [0.3, 0.4) is 0 Å². The van der Waals surface area contributed by atoms with Gasteiger partial charge in [0, 0.05) is 36.8 Å². The second-order valence-electron chi connectivity index (χ2n) is 4.74. The molecule has 0 saturated carbocycles. The Morgan fingerprint density at radius 2 is 2.30 bits per heavy atom. The Morgan fingerprint density at radius 3 is 2.90 bits per heavy atom. The molecule has 2 aromatic heterocycles. The molecule has 0 aliphatic carbocycles. The fraction of sp³-hybridized carbons (Fsp3) is 0.462. The van der Waals surface area contributed by atoms with E-state index in [1.807, 2.05) is 25.4 Å². The Balaban J connectivity index is 1.74. The lowest BCUT2D eigenvalue weighted by atomic mass is 10.2. The summed E-state index contributed by atoms with van der Waals surface area (Å²) in [5.74, 6) is 0.219. The van der Waals surface area contributed by atoms with Crippen molar-refractivity contribution in [3.05, 3.63) is 34.0 Å². The molecular formula is C13H19N5OS. The molecule has 0 aromatic carbocycles. The number of nitrogens with one attached hydrogen (secondary N) is 2. The maximum Gasteiger partial charge on any atom is 0.315 e. The summed E-state index contributed by atoms with van der Waals surface area (Å²) >= 11 is 1.63. The third-order valence-corrected chi connectivity index (χ3v) is 4.17. The van der Waals surface area contributed by atoms with Crippen LogP contribution in [0.25, 0.3) is 0 Å². The minimum atomic E-state index is -0.175. The summed E-state index contributed by atoms with van der Waals surface area (Å²) in [6, 6.07) is 1.70. The van der Waals surface area contributed by atoms with Crippen molar-refractivity contribution in [3.8, 4) is 0 Å². The molecule has 2 rings (SSSR count). The minimum Gasteiger partial charge on any atom is -0.337 e. The van der Waals surface area contributed by atoms with Gasteiger partial charge in [0.25, 0.3) is 0 Å². The van der Waals surface area contributed by atoms with E-state index in [2.05, 4.69) is 27.6 Å². The van der Waals surface area contributed by atoms with Crippen molar-refractivity contribution in [2.45, 2.75) is 26.3 Å². The van der Waals surface area contributed by atoms with Crippen LogP contribution in [0.5, 0.6) is 0 Å². The van der Waals surface area contributed by atoms with E-state index in [4.69, 9.17) is 0 Å². The Hall–Kier alpha value is -1.89. The Kier molecular flexibility index (Phi) is 4.73. The van der Waals surface area contributed by atoms with Crippen LogP contribution in [0, 0.1) is 6.92 Å². The number of hydrogen-bond acceptors (Lipinski definition) is 4. The van der Waals surface area contributed by atoms with E-state index in [0.717, 1.165) is 16.4 Å². The maximum absolute atomic E-state index is 11.7. The van der Waals surface area contributed by atoms with Gasteiger partial charge in [-0.05, 0) is 13.0 Å². The summed E-state index contributed by atoms with van der Waals surface area (Å²) in [4.78, 5) is 16.1. The standard InChI is InChI=1S/C13H19N5OS/c1-9(12-17-10(2)8-20-12)6-14-13(19)15-7-11-4-5-16-18(11)3/h4-5,8-9H,6-7H2,1-3H3,(H2,14,15,19)/t9-/m1/s1. The average molecular weight is 293 g/mol. The summed E-state index contributed by atoms with van der Waals surface area (Å²) in [5, 5.41) is 12.8. The number of aromatic nitrogens is 3. The highest BCUT2D eigenvalue weighted by Gasteiger charge is 2.11. The Bertz CT molecular complexity index is 577. The normalized spacial score (nSPS) is 12.2. The molecule has 0 aliphatic rings. The number of urea groups is 1. The molecule has 0 bridgehead atoms. The third kappa shape index (κ3) is 3.80. The van der Waals surface area contributed by atoms with Gasteiger partial charge in [-0.3, -0.25) is 4.68 Å². The van der Waals surface area contributed by atoms with Crippen molar-refractivity contribution in [3.63, 3.8) is 0 Å². The largest absolute Gasteiger partial charge is 0.337 e. The molecule has 0 fully saturated rings. The first-order valence-corrected chi connectivity index (χ1v) is 7.35. The molecule has 6 nitrogen and oxygen atoms in total. The molecule has 0 radical (unpaired) electrons. The van der Waals surface area contributed by atoms with Crippen LogP contribution in [0.15, 0.2) is 17.6 Å². The highest BCUT2D eigenvalue weighted by molar-refractivity contribution is 7.09. The SMILES string of the molecule is Cc1csc([C@H](C)CNC(=O)NCc2ccnn2C)n1. The predicted molar refractivity (Wildman–Crippen MR) is 78.7 cm³/mol. The summed E-state index contributed by atoms with van der Waals surface area (Å²) in [6.45, 7) is 5.07. The van der Waals surface area contributed by atoms with Gasteiger partial charge in [-0.15, -0.1) is 11.3 Å². The molecule has 0 unspecified atom stereocenters. The van der Waals surface area contributed by atoms with E-state index in [1.165, 1.54) is 0 Å². The first kappa shape index (κ1) is 14.5. The third-order valence-electron chi connectivity index (χ3n) is 2.98. The number of hydrogen-bond donors (Lipinski definition) is 2. The van der Waals surface area contributed by atoms with Crippen molar-refractivity contribution in [2.75, 3.05) is 6.54 Å². The number of aryl methyl sites for hydroxylation is 2. The van der Waals surface area contributed by atoms with Crippen molar-refractivity contribution >= 4 is 17.4 Å². The van der Waals surface area contributed by atoms with Gasteiger partial charge in [-0.1, -0.05) is 6.92 Å². The second kappa shape index (κ2) is 6.51. The van der Waals surface area contributed by atoms with Gasteiger partial charge in [-0.25, -0.2) is 9.78 Å². The van der Waals surface area contributed by atoms with Crippen molar-refractivity contribution in [1.82, 2.24) is 25.4 Å². The first-order valence-electron chi connectivity index (χ1n) is 6.47. The van der Waals surface area contributed by atoms with Crippen LogP contribution >= 0.6 is 11.3 Å². The molecule has 0 saturated heterocycles. The first-order chi connectivity index (χ1) is 9.56. The average Bonchev–Trinajstić information content (AvgIpc) is 3.02. The molecule has 108 valence electrons. The topological polar surface area (TPSA) is 71.8 Å². The lowest BCUT2D eigenvalue weighted by molar-refractivity contribution is 0.239. The van der Waals surface area contributed by atoms with E-state index < -0.39 is 0 Å². The van der Waals surface area contributed by atoms with Gasteiger partial charge in [0.15, 0.2) is 0 Å². The lowest BCUT2D eigenvalue weighted by Crippen LogP contribution is -2.37. The fourth-order valence-electron chi connectivity index (χ4n) is 1.74. The summed E-state index contributed by atoms with van der Waals surface area (Å²) in [7, 11) is 1.85. The Morgan fingerprint density at radius 1 is 1.50 bits per heavy atom. The van der Waals surface area contributed by atoms with Crippen LogP contribution in [-0.4, -0.2) is 27.3 Å². The molecule has 2 N–H and O–H groups in total. The molecule has 1 atom stereocenters. The highest BCUT2D eigenvalue weighted by Crippen LogP contribution is 2.18. The van der Waals surface area contributed by atoms with Gasteiger partial charge < -0.3 is 10.6 Å². The molecule has 2 aromatic rings. The number of amides is 2. The van der Waals surface area contributed by atoms with Crippen molar-refractivity contribution in [1.29, 1.82) is 0 Å². The summed E-state index contributed by atoms with van der Waals surface area (Å²) in [6.07, 6.45) is 1.71. The van der Waals surface area contributed by atoms with Crippen LogP contribution in [-0.2, 0) is 13.6 Å². The molecule has 0 aliphatic heterocycles. The quantitative estimate of drug-likeness (QED) is 0.883. The van der Waals surface area contributed by atoms with Crippen molar-refractivity contribution in [2.24, 2.45) is 7.05 Å². The smallest absolute Gasteiger partial charge is 0.315 e. The lowest BCUT2D eigenvalue weighted by Gasteiger charge is -2.11. The molecule has 7 heteroatoms. The van der Waals surface area contributed by atoms with Gasteiger partial charge >= 0.3 is 6.03 Å². The molecule has 2 amide bonds. The van der Waals surface area contributed by atoms with Crippen LogP contribution in [0.1, 0.15) is 29.2 Å². The van der Waals surface area contributed by atoms with Gasteiger partial charge in [0.1, 0.15) is 0 Å². The van der Waals surface area contributed by atoms with E-state index in [-0.39, 0.29) is 11.9 Å². The molecular weight excluding hydrogens is 274 g/mol. The number of carbonyl (C=O) groups excluding carboxylic acids is 1. The van der Waals surface area contributed by atoms with E-state index in [1.54, 1.807) is 22.2 Å². The monoisotopic (exact) mass is 293 g/mol. The number of carbonyl (C=O) groups is 1. The van der Waals surface area contributed by atoms with Crippen molar-refractivity contribution < 1.29 is 4.79 Å². The maximum atomic E-state index is 11.7. The van der Waals surface area contributed by atoms with Crippen LogP contribution in [0.2, 0.25) is 0 Å². The molecule has 2 heterocycles. The van der Waals surface area contributed by atoms with Crippen LogP contribution in [0.4, 0.5) is 4.79 Å². The predicted octanol–water partition coefficient (Wildman–Crippen LogP) is 1.79. The zero-order chi connectivity index (χ0) is 14.5. The Labute approximate surface area is 122 Å². The van der Waals surface area contributed by atoms with E-state index >= 15 is 0 Å².